The molecule has 0 atom stereocenters. The number of aromatic nitrogens is 2. The van der Waals surface area contributed by atoms with Crippen LogP contribution in [0.1, 0.15) is 42.5 Å². The SMILES string of the molecule is CC(C)c1[nH]c(Cc2ccc(OC(F)(F)F)cc2)nc1C=C1NC(=O)CNC1=O. The molecular weight excluding hydrogens is 389 g/mol. The van der Waals surface area contributed by atoms with E-state index in [1.807, 2.05) is 13.8 Å². The van der Waals surface area contributed by atoms with Gasteiger partial charge in [0, 0.05) is 12.1 Å². The number of imidazole rings is 1. The third kappa shape index (κ3) is 5.37. The van der Waals surface area contributed by atoms with Crippen molar-refractivity contribution >= 4 is 17.9 Å². The Bertz CT molecular complexity index is 947. The molecule has 0 radical (unpaired) electrons. The summed E-state index contributed by atoms with van der Waals surface area (Å²) in [5.41, 5.74) is 2.12. The fourth-order valence-electron chi connectivity index (χ4n) is 2.83. The number of ether oxygens (including phenoxy) is 1. The number of benzene rings is 1. The molecular formula is C19H19F3N4O3. The largest absolute Gasteiger partial charge is 0.573 e. The molecule has 1 saturated heterocycles. The molecule has 0 unspecified atom stereocenters. The van der Waals surface area contributed by atoms with E-state index in [1.54, 1.807) is 0 Å². The third-order valence-electron chi connectivity index (χ3n) is 4.13. The lowest BCUT2D eigenvalue weighted by Gasteiger charge is -2.15. The molecule has 2 aromatic rings. The number of amides is 2. The minimum atomic E-state index is -4.74. The number of nitrogens with one attached hydrogen (secondary N) is 3. The smallest absolute Gasteiger partial charge is 0.406 e. The highest BCUT2D eigenvalue weighted by atomic mass is 19.4. The third-order valence-corrected chi connectivity index (χ3v) is 4.13. The standard InChI is InChI=1S/C19H19F3N4O3/c1-10(2)17-13(8-14-18(28)23-9-16(27)25-14)24-15(26-17)7-11-3-5-12(6-4-11)29-19(20,21)22/h3-6,8,10H,7,9H2,1-2H3,(H,23,28)(H,24,26)(H,25,27). The van der Waals surface area contributed by atoms with Crippen LogP contribution in [-0.2, 0) is 16.0 Å². The first kappa shape index (κ1) is 20.4. The van der Waals surface area contributed by atoms with Gasteiger partial charge in [0.1, 0.15) is 17.3 Å². The zero-order valence-corrected chi connectivity index (χ0v) is 15.7. The van der Waals surface area contributed by atoms with Crippen LogP contribution < -0.4 is 15.4 Å². The molecule has 0 aliphatic carbocycles. The van der Waals surface area contributed by atoms with Crippen LogP contribution in [0.25, 0.3) is 6.08 Å². The Morgan fingerprint density at radius 2 is 1.90 bits per heavy atom. The molecule has 3 rings (SSSR count). The van der Waals surface area contributed by atoms with Gasteiger partial charge in [-0.1, -0.05) is 26.0 Å². The monoisotopic (exact) mass is 408 g/mol. The minimum Gasteiger partial charge on any atom is -0.406 e. The Balaban J connectivity index is 1.81. The summed E-state index contributed by atoms with van der Waals surface area (Å²) < 4.78 is 40.6. The summed E-state index contributed by atoms with van der Waals surface area (Å²) in [5.74, 6) is -0.378. The number of aromatic amines is 1. The van der Waals surface area contributed by atoms with Crippen LogP contribution in [-0.4, -0.2) is 34.7 Å². The molecule has 10 heteroatoms. The van der Waals surface area contributed by atoms with Crippen LogP contribution in [0.15, 0.2) is 30.0 Å². The van der Waals surface area contributed by atoms with Crippen LogP contribution in [0.2, 0.25) is 0 Å². The first-order chi connectivity index (χ1) is 13.6. The van der Waals surface area contributed by atoms with Gasteiger partial charge in [0.2, 0.25) is 5.91 Å². The van der Waals surface area contributed by atoms with Crippen molar-refractivity contribution in [1.29, 1.82) is 0 Å². The lowest BCUT2D eigenvalue weighted by molar-refractivity contribution is -0.274. The predicted molar refractivity (Wildman–Crippen MR) is 97.7 cm³/mol. The fraction of sp³-hybridized carbons (Fsp3) is 0.316. The number of carbonyl (C=O) groups excluding carboxylic acids is 2. The zero-order chi connectivity index (χ0) is 21.2. The molecule has 0 spiro atoms. The quantitative estimate of drug-likeness (QED) is 0.663. The lowest BCUT2D eigenvalue weighted by atomic mass is 10.1. The van der Waals surface area contributed by atoms with Gasteiger partial charge in [-0.15, -0.1) is 13.2 Å². The maximum Gasteiger partial charge on any atom is 0.573 e. The summed E-state index contributed by atoms with van der Waals surface area (Å²) in [6.45, 7) is 3.82. The average molecular weight is 408 g/mol. The Morgan fingerprint density at radius 1 is 1.21 bits per heavy atom. The van der Waals surface area contributed by atoms with Crippen LogP contribution in [0.5, 0.6) is 5.75 Å². The van der Waals surface area contributed by atoms with E-state index in [0.717, 1.165) is 11.3 Å². The van der Waals surface area contributed by atoms with Gasteiger partial charge < -0.3 is 20.4 Å². The highest BCUT2D eigenvalue weighted by Gasteiger charge is 2.31. The van der Waals surface area contributed by atoms with Crippen molar-refractivity contribution in [3.8, 4) is 5.75 Å². The molecule has 2 heterocycles. The molecule has 1 fully saturated rings. The first-order valence-corrected chi connectivity index (χ1v) is 8.84. The van der Waals surface area contributed by atoms with Gasteiger partial charge in [-0.3, -0.25) is 9.59 Å². The van der Waals surface area contributed by atoms with Crippen LogP contribution in [0, 0.1) is 0 Å². The van der Waals surface area contributed by atoms with Gasteiger partial charge in [-0.2, -0.15) is 0 Å². The summed E-state index contributed by atoms with van der Waals surface area (Å²) in [7, 11) is 0. The molecule has 29 heavy (non-hydrogen) atoms. The molecule has 154 valence electrons. The normalized spacial score (nSPS) is 16.1. The van der Waals surface area contributed by atoms with Crippen LogP contribution >= 0.6 is 0 Å². The molecule has 3 N–H and O–H groups in total. The molecule has 7 nitrogen and oxygen atoms in total. The van der Waals surface area contributed by atoms with Crippen molar-refractivity contribution in [2.45, 2.75) is 32.5 Å². The van der Waals surface area contributed by atoms with Gasteiger partial charge in [0.15, 0.2) is 0 Å². The van der Waals surface area contributed by atoms with Crippen molar-refractivity contribution in [1.82, 2.24) is 20.6 Å². The number of nitrogens with zero attached hydrogens (tertiary/aromatic N) is 1. The zero-order valence-electron chi connectivity index (χ0n) is 15.7. The summed E-state index contributed by atoms with van der Waals surface area (Å²) in [6.07, 6.45) is -2.90. The number of carbonyl (C=O) groups is 2. The van der Waals surface area contributed by atoms with E-state index in [-0.39, 0.29) is 29.8 Å². The molecule has 1 aliphatic heterocycles. The number of halogens is 3. The lowest BCUT2D eigenvalue weighted by Crippen LogP contribution is -2.46. The maximum atomic E-state index is 12.3. The van der Waals surface area contributed by atoms with Gasteiger partial charge >= 0.3 is 6.36 Å². The number of piperazine rings is 1. The van der Waals surface area contributed by atoms with E-state index in [4.69, 9.17) is 0 Å². The average Bonchev–Trinajstić information content (AvgIpc) is 3.01. The second-order valence-corrected chi connectivity index (χ2v) is 6.79. The van der Waals surface area contributed by atoms with E-state index in [0.29, 0.717) is 17.9 Å². The van der Waals surface area contributed by atoms with Crippen LogP contribution in [0.4, 0.5) is 13.2 Å². The van der Waals surface area contributed by atoms with Crippen molar-refractivity contribution in [2.75, 3.05) is 6.54 Å². The van der Waals surface area contributed by atoms with Crippen molar-refractivity contribution < 1.29 is 27.5 Å². The van der Waals surface area contributed by atoms with Crippen molar-refractivity contribution in [3.05, 3.63) is 52.7 Å². The summed E-state index contributed by atoms with van der Waals surface area (Å²) in [5, 5.41) is 4.98. The van der Waals surface area contributed by atoms with E-state index in [1.165, 1.54) is 30.3 Å². The molecule has 1 aromatic carbocycles. The fourth-order valence-corrected chi connectivity index (χ4v) is 2.83. The van der Waals surface area contributed by atoms with E-state index in [9.17, 15) is 22.8 Å². The number of H-pyrrole nitrogens is 1. The topological polar surface area (TPSA) is 96.1 Å². The second kappa shape index (κ2) is 7.98. The van der Waals surface area contributed by atoms with E-state index >= 15 is 0 Å². The van der Waals surface area contributed by atoms with Gasteiger partial charge in [0.05, 0.1) is 12.2 Å². The van der Waals surface area contributed by atoms with Crippen molar-refractivity contribution in [2.24, 2.45) is 0 Å². The summed E-state index contributed by atoms with van der Waals surface area (Å²) in [6, 6.07) is 5.51. The second-order valence-electron chi connectivity index (χ2n) is 6.79. The summed E-state index contributed by atoms with van der Waals surface area (Å²) in [4.78, 5) is 31.1. The van der Waals surface area contributed by atoms with E-state index in [2.05, 4.69) is 25.3 Å². The summed E-state index contributed by atoms with van der Waals surface area (Å²) >= 11 is 0. The molecule has 0 bridgehead atoms. The molecule has 2 amide bonds. The predicted octanol–water partition coefficient (Wildman–Crippen LogP) is 2.61. The van der Waals surface area contributed by atoms with Crippen molar-refractivity contribution in [3.63, 3.8) is 0 Å². The first-order valence-electron chi connectivity index (χ1n) is 8.84. The molecule has 1 aliphatic rings. The number of hydrogen-bond acceptors (Lipinski definition) is 4. The van der Waals surface area contributed by atoms with Gasteiger partial charge in [-0.25, -0.2) is 4.98 Å². The van der Waals surface area contributed by atoms with Crippen LogP contribution in [0.3, 0.4) is 0 Å². The Labute approximate surface area is 164 Å². The number of alkyl halides is 3. The highest BCUT2D eigenvalue weighted by Crippen LogP contribution is 2.24. The van der Waals surface area contributed by atoms with Gasteiger partial charge in [0.25, 0.3) is 5.91 Å². The Morgan fingerprint density at radius 3 is 2.52 bits per heavy atom. The number of hydrogen-bond donors (Lipinski definition) is 3. The maximum absolute atomic E-state index is 12.3. The highest BCUT2D eigenvalue weighted by molar-refractivity contribution is 6.05. The minimum absolute atomic E-state index is 0.0630. The van der Waals surface area contributed by atoms with Gasteiger partial charge in [-0.05, 0) is 29.7 Å². The Hall–Kier alpha value is -3.30. The molecule has 0 saturated carbocycles. The molecule has 1 aromatic heterocycles. The Kier molecular flexibility index (Phi) is 5.62. The number of rotatable bonds is 5. The van der Waals surface area contributed by atoms with E-state index < -0.39 is 12.3 Å².